The number of benzene rings is 2. The molecule has 2 amide bonds. The van der Waals surface area contributed by atoms with Gasteiger partial charge in [0.2, 0.25) is 11.7 Å². The highest BCUT2D eigenvalue weighted by Gasteiger charge is 2.37. The van der Waals surface area contributed by atoms with Gasteiger partial charge in [-0.2, -0.15) is 4.80 Å². The molecule has 1 N–H and O–H groups in total. The molecule has 0 spiro atoms. The van der Waals surface area contributed by atoms with Crippen LogP contribution in [0.15, 0.2) is 52.9 Å². The minimum Gasteiger partial charge on any atom is -0.493 e. The second kappa shape index (κ2) is 13.5. The monoisotopic (exact) mass is 612 g/mol. The van der Waals surface area contributed by atoms with Crippen LogP contribution in [0.5, 0.6) is 11.5 Å². The second-order valence-corrected chi connectivity index (χ2v) is 11.8. The molecule has 1 saturated carbocycles. The number of aryl methyl sites for hydroxylation is 2. The van der Waals surface area contributed by atoms with Gasteiger partial charge in [0.05, 0.1) is 14.2 Å². The van der Waals surface area contributed by atoms with Gasteiger partial charge in [0.15, 0.2) is 17.3 Å². The van der Waals surface area contributed by atoms with Crippen LogP contribution in [0, 0.1) is 6.92 Å². The van der Waals surface area contributed by atoms with Crippen molar-refractivity contribution in [1.82, 2.24) is 25.5 Å². The minimum absolute atomic E-state index is 0.0480. The third kappa shape index (κ3) is 6.57. The fraction of sp³-hybridized carbons (Fsp3) is 0.441. The highest BCUT2D eigenvalue weighted by Crippen LogP contribution is 2.38. The molecule has 0 radical (unpaired) electrons. The molecule has 1 unspecified atom stereocenters. The van der Waals surface area contributed by atoms with Crippen molar-refractivity contribution in [2.75, 3.05) is 19.1 Å². The first-order chi connectivity index (χ1) is 21.9. The van der Waals surface area contributed by atoms with Crippen molar-refractivity contribution in [3.8, 4) is 23.1 Å². The van der Waals surface area contributed by atoms with E-state index in [4.69, 9.17) is 13.9 Å². The zero-order valence-electron chi connectivity index (χ0n) is 26.1. The van der Waals surface area contributed by atoms with E-state index in [1.165, 1.54) is 10.4 Å². The molecule has 11 nitrogen and oxygen atoms in total. The number of rotatable bonds is 10. The lowest BCUT2D eigenvalue weighted by atomic mass is 9.89. The summed E-state index contributed by atoms with van der Waals surface area (Å²) in [6.07, 6.45) is 8.97. The van der Waals surface area contributed by atoms with E-state index in [-0.39, 0.29) is 30.2 Å². The summed E-state index contributed by atoms with van der Waals surface area (Å²) < 4.78 is 16.8. The summed E-state index contributed by atoms with van der Waals surface area (Å²) in [5, 5.41) is 16.0. The molecular formula is C34H40N6O5. The van der Waals surface area contributed by atoms with Gasteiger partial charge in [0, 0.05) is 11.7 Å². The molecule has 2 aromatic carbocycles. The van der Waals surface area contributed by atoms with Gasteiger partial charge in [-0.25, -0.2) is 0 Å². The van der Waals surface area contributed by atoms with Crippen molar-refractivity contribution in [2.24, 2.45) is 0 Å². The first-order valence-corrected chi connectivity index (χ1v) is 15.7. The standard InChI is InChI=1S/C34H40N6O5/c1-22-16-18-29(45-22)33-36-38-39(37-33)21-31(41)40(27-15-9-11-23-10-7-8-14-26(23)27)32(34(42)35-25-12-5-4-6-13-25)24-17-19-28(43-2)30(20-24)44-3/h9,11,15-20,25,32H,4-8,10,12-14,21H2,1-3H3,(H,35,42). The lowest BCUT2D eigenvalue weighted by molar-refractivity contribution is -0.127. The molecule has 1 atom stereocenters. The number of hydrogen-bond donors (Lipinski definition) is 1. The number of aromatic nitrogens is 4. The smallest absolute Gasteiger partial charge is 0.251 e. The van der Waals surface area contributed by atoms with Gasteiger partial charge in [-0.15, -0.1) is 10.2 Å². The maximum atomic E-state index is 14.6. The lowest BCUT2D eigenvalue weighted by Crippen LogP contribution is -2.48. The molecule has 2 aliphatic carbocycles. The number of nitrogens with one attached hydrogen (secondary N) is 1. The van der Waals surface area contributed by atoms with E-state index >= 15 is 0 Å². The average Bonchev–Trinajstić information content (AvgIpc) is 3.72. The summed E-state index contributed by atoms with van der Waals surface area (Å²) in [7, 11) is 3.13. The third-order valence-electron chi connectivity index (χ3n) is 8.77. The fourth-order valence-electron chi connectivity index (χ4n) is 6.53. The van der Waals surface area contributed by atoms with E-state index in [2.05, 4.69) is 26.8 Å². The van der Waals surface area contributed by atoms with Gasteiger partial charge in [-0.3, -0.25) is 14.5 Å². The average molecular weight is 613 g/mol. The van der Waals surface area contributed by atoms with Crippen LogP contribution in [-0.2, 0) is 29.0 Å². The number of anilines is 1. The SMILES string of the molecule is COc1ccc(C(C(=O)NC2CCCCC2)N(C(=O)Cn2nnc(-c3ccc(C)o3)n2)c2cccc3c2CCCC3)cc1OC. The Morgan fingerprint density at radius 2 is 1.80 bits per heavy atom. The predicted octanol–water partition coefficient (Wildman–Crippen LogP) is 5.36. The third-order valence-corrected chi connectivity index (χ3v) is 8.77. The van der Waals surface area contributed by atoms with Gasteiger partial charge in [-0.1, -0.05) is 37.5 Å². The van der Waals surface area contributed by atoms with Crippen molar-refractivity contribution in [3.05, 3.63) is 71.0 Å². The van der Waals surface area contributed by atoms with Crippen LogP contribution in [0.3, 0.4) is 0 Å². The Labute approximate surface area is 262 Å². The van der Waals surface area contributed by atoms with Crippen LogP contribution in [0.2, 0.25) is 0 Å². The van der Waals surface area contributed by atoms with Gasteiger partial charge < -0.3 is 19.2 Å². The molecule has 2 aromatic heterocycles. The van der Waals surface area contributed by atoms with Gasteiger partial charge in [0.25, 0.3) is 5.91 Å². The van der Waals surface area contributed by atoms with E-state index in [1.54, 1.807) is 37.3 Å². The number of methoxy groups -OCH3 is 2. The Kier molecular flexibility index (Phi) is 9.13. The van der Waals surface area contributed by atoms with Crippen LogP contribution < -0.4 is 19.7 Å². The number of fused-ring (bicyclic) bond motifs is 1. The fourth-order valence-corrected chi connectivity index (χ4v) is 6.53. The Bertz CT molecular complexity index is 1660. The van der Waals surface area contributed by atoms with E-state index in [0.717, 1.165) is 74.8 Å². The first-order valence-electron chi connectivity index (χ1n) is 15.7. The lowest BCUT2D eigenvalue weighted by Gasteiger charge is -2.35. The topological polar surface area (TPSA) is 125 Å². The van der Waals surface area contributed by atoms with Crippen molar-refractivity contribution < 1.29 is 23.5 Å². The van der Waals surface area contributed by atoms with Crippen LogP contribution in [-0.4, -0.2) is 52.3 Å². The largest absolute Gasteiger partial charge is 0.493 e. The second-order valence-electron chi connectivity index (χ2n) is 11.8. The van der Waals surface area contributed by atoms with Crippen LogP contribution in [0.25, 0.3) is 11.6 Å². The van der Waals surface area contributed by atoms with Crippen molar-refractivity contribution in [3.63, 3.8) is 0 Å². The van der Waals surface area contributed by atoms with Gasteiger partial charge in [-0.05, 0) is 97.7 Å². The molecule has 0 saturated heterocycles. The minimum atomic E-state index is -0.983. The number of tetrazole rings is 1. The Balaban J connectivity index is 1.44. The number of furan rings is 1. The van der Waals surface area contributed by atoms with Gasteiger partial charge >= 0.3 is 0 Å². The number of amides is 2. The summed E-state index contributed by atoms with van der Waals surface area (Å²) in [5.74, 6) is 1.90. The predicted molar refractivity (Wildman–Crippen MR) is 168 cm³/mol. The first kappa shape index (κ1) is 30.4. The normalized spacial score (nSPS) is 15.6. The van der Waals surface area contributed by atoms with E-state index < -0.39 is 6.04 Å². The molecule has 1 fully saturated rings. The molecule has 0 bridgehead atoms. The van der Waals surface area contributed by atoms with Crippen molar-refractivity contribution in [1.29, 1.82) is 0 Å². The van der Waals surface area contributed by atoms with Gasteiger partial charge in [0.1, 0.15) is 18.3 Å². The molecule has 236 valence electrons. The number of carbonyl (C=O) groups is 2. The highest BCUT2D eigenvalue weighted by atomic mass is 16.5. The zero-order chi connectivity index (χ0) is 31.3. The Hall–Kier alpha value is -4.67. The Morgan fingerprint density at radius 3 is 2.56 bits per heavy atom. The number of carbonyl (C=O) groups excluding carboxylic acids is 2. The van der Waals surface area contributed by atoms with Crippen LogP contribution >= 0.6 is 0 Å². The number of ether oxygens (including phenoxy) is 2. The number of nitrogens with zero attached hydrogens (tertiary/aromatic N) is 5. The molecule has 2 aliphatic rings. The maximum absolute atomic E-state index is 14.6. The van der Waals surface area contributed by atoms with E-state index in [1.807, 2.05) is 31.2 Å². The molecule has 11 heteroatoms. The highest BCUT2D eigenvalue weighted by molar-refractivity contribution is 6.02. The zero-order valence-corrected chi connectivity index (χ0v) is 26.1. The van der Waals surface area contributed by atoms with Crippen LogP contribution in [0.1, 0.15) is 73.4 Å². The molecule has 2 heterocycles. The summed E-state index contributed by atoms with van der Waals surface area (Å²) >= 11 is 0. The Morgan fingerprint density at radius 1 is 1.00 bits per heavy atom. The molecule has 4 aromatic rings. The summed E-state index contributed by atoms with van der Waals surface area (Å²) in [4.78, 5) is 31.9. The summed E-state index contributed by atoms with van der Waals surface area (Å²) in [6, 6.07) is 14.1. The quantitative estimate of drug-likeness (QED) is 0.254. The van der Waals surface area contributed by atoms with Crippen molar-refractivity contribution in [2.45, 2.75) is 83.3 Å². The van der Waals surface area contributed by atoms with Crippen LogP contribution in [0.4, 0.5) is 5.69 Å². The number of hydrogen-bond acceptors (Lipinski definition) is 8. The van der Waals surface area contributed by atoms with E-state index in [9.17, 15) is 9.59 Å². The summed E-state index contributed by atoms with van der Waals surface area (Å²) in [6.45, 7) is 1.61. The molecular weight excluding hydrogens is 572 g/mol. The molecule has 45 heavy (non-hydrogen) atoms. The molecule has 6 rings (SSSR count). The maximum Gasteiger partial charge on any atom is 0.251 e. The van der Waals surface area contributed by atoms with Crippen molar-refractivity contribution >= 4 is 17.5 Å². The molecule has 0 aliphatic heterocycles. The summed E-state index contributed by atoms with van der Waals surface area (Å²) in [5.41, 5.74) is 3.62. The van der Waals surface area contributed by atoms with E-state index in [0.29, 0.717) is 22.8 Å².